The lowest BCUT2D eigenvalue weighted by Crippen LogP contribution is -2.14. The Balaban J connectivity index is 1.51. The second-order valence-corrected chi connectivity index (χ2v) is 6.93. The number of carbonyl (C=O) groups excluding carboxylic acids is 1. The predicted octanol–water partition coefficient (Wildman–Crippen LogP) is 4.10. The summed E-state index contributed by atoms with van der Waals surface area (Å²) < 4.78 is 0. The summed E-state index contributed by atoms with van der Waals surface area (Å²) in [5, 5.41) is 6.72. The summed E-state index contributed by atoms with van der Waals surface area (Å²) in [4.78, 5) is 22.8. The Hall–Kier alpha value is -3.12. The molecule has 7 heteroatoms. The lowest BCUT2D eigenvalue weighted by molar-refractivity contribution is 0.102. The molecule has 28 heavy (non-hydrogen) atoms. The summed E-state index contributed by atoms with van der Waals surface area (Å²) in [6.45, 7) is 0.686. The van der Waals surface area contributed by atoms with E-state index in [1.54, 1.807) is 0 Å². The van der Waals surface area contributed by atoms with Crippen LogP contribution in [-0.4, -0.2) is 36.5 Å². The van der Waals surface area contributed by atoms with Crippen molar-refractivity contribution in [2.24, 2.45) is 0 Å². The third kappa shape index (κ3) is 5.44. The van der Waals surface area contributed by atoms with Gasteiger partial charge in [0.05, 0.1) is 5.56 Å². The quantitative estimate of drug-likeness (QED) is 0.630. The van der Waals surface area contributed by atoms with E-state index in [-0.39, 0.29) is 5.91 Å². The van der Waals surface area contributed by atoms with Crippen LogP contribution in [0.15, 0.2) is 60.9 Å². The van der Waals surface area contributed by atoms with E-state index >= 15 is 0 Å². The zero-order valence-corrected chi connectivity index (χ0v) is 16.6. The molecule has 0 aliphatic heterocycles. The molecule has 2 aromatic carbocycles. The second kappa shape index (κ2) is 9.19. The molecule has 0 spiro atoms. The van der Waals surface area contributed by atoms with E-state index in [4.69, 9.17) is 11.6 Å². The molecule has 0 unspecified atom stereocenters. The third-order valence-electron chi connectivity index (χ3n) is 4.17. The summed E-state index contributed by atoms with van der Waals surface area (Å²) in [6.07, 6.45) is 3.86. The lowest BCUT2D eigenvalue weighted by Gasteiger charge is -2.13. The molecule has 6 nitrogen and oxygen atoms in total. The molecular formula is C21H22ClN5O. The second-order valence-electron chi connectivity index (χ2n) is 6.49. The van der Waals surface area contributed by atoms with Gasteiger partial charge in [-0.3, -0.25) is 4.79 Å². The van der Waals surface area contributed by atoms with Gasteiger partial charge in [-0.05, 0) is 48.4 Å². The number of nitrogens with one attached hydrogen (secondary N) is 2. The number of hydrogen-bond acceptors (Lipinski definition) is 5. The molecule has 0 aliphatic rings. The van der Waals surface area contributed by atoms with Gasteiger partial charge >= 0.3 is 0 Å². The van der Waals surface area contributed by atoms with Gasteiger partial charge in [-0.2, -0.15) is 0 Å². The van der Waals surface area contributed by atoms with Crippen molar-refractivity contribution in [1.82, 2.24) is 9.97 Å². The highest BCUT2D eigenvalue weighted by atomic mass is 35.5. The number of hydrogen-bond donors (Lipinski definition) is 2. The minimum Gasteiger partial charge on any atom is -0.378 e. The van der Waals surface area contributed by atoms with Gasteiger partial charge in [-0.25, -0.2) is 9.97 Å². The van der Waals surface area contributed by atoms with Crippen molar-refractivity contribution in [3.63, 3.8) is 0 Å². The van der Waals surface area contributed by atoms with Crippen LogP contribution in [0.1, 0.15) is 15.9 Å². The summed E-state index contributed by atoms with van der Waals surface area (Å²) in [5.74, 6) is 0.242. The molecular weight excluding hydrogens is 374 g/mol. The standard InChI is InChI=1S/C21H22ClN5O/c1-27(2)19-9-7-18(8-10-19)26-20(28)16-13-24-21(25-14-16)23-12-11-15-3-5-17(22)6-4-15/h3-10,13-14H,11-12H2,1-2H3,(H,26,28)(H,23,24,25). The maximum atomic E-state index is 12.3. The highest BCUT2D eigenvalue weighted by Crippen LogP contribution is 2.16. The number of aromatic nitrogens is 2. The Morgan fingerprint density at radius 1 is 1.00 bits per heavy atom. The smallest absolute Gasteiger partial charge is 0.258 e. The maximum Gasteiger partial charge on any atom is 0.258 e. The molecule has 0 atom stereocenters. The molecule has 0 saturated heterocycles. The minimum absolute atomic E-state index is 0.245. The fourth-order valence-electron chi connectivity index (χ4n) is 2.55. The number of amides is 1. The number of halogens is 1. The lowest BCUT2D eigenvalue weighted by atomic mass is 10.1. The van der Waals surface area contributed by atoms with E-state index in [0.717, 1.165) is 22.8 Å². The third-order valence-corrected chi connectivity index (χ3v) is 4.42. The largest absolute Gasteiger partial charge is 0.378 e. The molecule has 1 heterocycles. The highest BCUT2D eigenvalue weighted by Gasteiger charge is 2.08. The molecule has 2 N–H and O–H groups in total. The average Bonchev–Trinajstić information content (AvgIpc) is 2.70. The topological polar surface area (TPSA) is 70.2 Å². The van der Waals surface area contributed by atoms with Crippen molar-refractivity contribution < 1.29 is 4.79 Å². The number of anilines is 3. The van der Waals surface area contributed by atoms with E-state index in [1.807, 2.05) is 67.5 Å². The Morgan fingerprint density at radius 2 is 1.64 bits per heavy atom. The van der Waals surface area contributed by atoms with Crippen LogP contribution in [0, 0.1) is 0 Å². The van der Waals surface area contributed by atoms with Crippen molar-refractivity contribution >= 4 is 34.8 Å². The summed E-state index contributed by atoms with van der Waals surface area (Å²) in [5.41, 5.74) is 3.37. The van der Waals surface area contributed by atoms with Crippen LogP contribution in [0.2, 0.25) is 5.02 Å². The molecule has 0 saturated carbocycles. The van der Waals surface area contributed by atoms with E-state index in [9.17, 15) is 4.79 Å². The molecule has 0 aliphatic carbocycles. The zero-order chi connectivity index (χ0) is 19.9. The number of carbonyl (C=O) groups is 1. The minimum atomic E-state index is -0.245. The Bertz CT molecular complexity index is 909. The van der Waals surface area contributed by atoms with E-state index in [2.05, 4.69) is 20.6 Å². The van der Waals surface area contributed by atoms with Gasteiger partial charge in [0.1, 0.15) is 0 Å². The van der Waals surface area contributed by atoms with Crippen molar-refractivity contribution in [2.45, 2.75) is 6.42 Å². The Kier molecular flexibility index (Phi) is 6.45. The average molecular weight is 396 g/mol. The Labute approximate surface area is 169 Å². The van der Waals surface area contributed by atoms with E-state index in [1.165, 1.54) is 18.0 Å². The summed E-state index contributed by atoms with van der Waals surface area (Å²) >= 11 is 5.88. The molecule has 3 aromatic rings. The predicted molar refractivity (Wildman–Crippen MR) is 114 cm³/mol. The van der Waals surface area contributed by atoms with E-state index < -0.39 is 0 Å². The normalized spacial score (nSPS) is 10.4. The fourth-order valence-corrected chi connectivity index (χ4v) is 2.68. The van der Waals surface area contributed by atoms with Crippen molar-refractivity contribution in [3.05, 3.63) is 77.1 Å². The highest BCUT2D eigenvalue weighted by molar-refractivity contribution is 6.30. The summed E-state index contributed by atoms with van der Waals surface area (Å²) in [6, 6.07) is 15.3. The van der Waals surface area contributed by atoms with Crippen molar-refractivity contribution in [2.75, 3.05) is 36.2 Å². The van der Waals surface area contributed by atoms with Gasteiger partial charge in [-0.1, -0.05) is 23.7 Å². The molecule has 1 aromatic heterocycles. The number of benzene rings is 2. The van der Waals surface area contributed by atoms with Crippen LogP contribution in [0.25, 0.3) is 0 Å². The van der Waals surface area contributed by atoms with Crippen LogP contribution < -0.4 is 15.5 Å². The van der Waals surface area contributed by atoms with E-state index in [0.29, 0.717) is 18.1 Å². The van der Waals surface area contributed by atoms with Gasteiger partial charge in [0.15, 0.2) is 0 Å². The zero-order valence-electron chi connectivity index (χ0n) is 15.8. The number of nitrogens with zero attached hydrogens (tertiary/aromatic N) is 3. The maximum absolute atomic E-state index is 12.3. The van der Waals surface area contributed by atoms with Crippen LogP contribution in [-0.2, 0) is 6.42 Å². The molecule has 1 amide bonds. The molecule has 0 fully saturated rings. The monoisotopic (exact) mass is 395 g/mol. The van der Waals surface area contributed by atoms with Gasteiger partial charge in [0.2, 0.25) is 5.95 Å². The van der Waals surface area contributed by atoms with Crippen LogP contribution in [0.4, 0.5) is 17.3 Å². The van der Waals surface area contributed by atoms with Crippen molar-refractivity contribution in [3.8, 4) is 0 Å². The van der Waals surface area contributed by atoms with Gasteiger partial charge in [0.25, 0.3) is 5.91 Å². The van der Waals surface area contributed by atoms with Crippen LogP contribution in [0.3, 0.4) is 0 Å². The summed E-state index contributed by atoms with van der Waals surface area (Å²) in [7, 11) is 3.94. The molecule has 0 radical (unpaired) electrons. The SMILES string of the molecule is CN(C)c1ccc(NC(=O)c2cnc(NCCc3ccc(Cl)cc3)nc2)cc1. The fraction of sp³-hybridized carbons (Fsp3) is 0.190. The molecule has 3 rings (SSSR count). The molecule has 0 bridgehead atoms. The van der Waals surface area contributed by atoms with Gasteiger partial charge in [-0.15, -0.1) is 0 Å². The first kappa shape index (κ1) is 19.6. The van der Waals surface area contributed by atoms with Crippen LogP contribution in [0.5, 0.6) is 0 Å². The number of rotatable bonds is 7. The Morgan fingerprint density at radius 3 is 2.25 bits per heavy atom. The van der Waals surface area contributed by atoms with Gasteiger partial charge < -0.3 is 15.5 Å². The van der Waals surface area contributed by atoms with Crippen LogP contribution >= 0.6 is 11.6 Å². The first-order valence-electron chi connectivity index (χ1n) is 8.90. The first-order chi connectivity index (χ1) is 13.5. The molecule has 144 valence electrons. The van der Waals surface area contributed by atoms with Crippen molar-refractivity contribution in [1.29, 1.82) is 0 Å². The van der Waals surface area contributed by atoms with Gasteiger partial charge in [0, 0.05) is 49.4 Å². The first-order valence-corrected chi connectivity index (χ1v) is 9.28.